The van der Waals surface area contributed by atoms with E-state index in [1.165, 1.54) is 0 Å². The smallest absolute Gasteiger partial charge is 0.317 e. The second kappa shape index (κ2) is 9.18. The van der Waals surface area contributed by atoms with Crippen molar-refractivity contribution in [1.82, 2.24) is 10.2 Å². The Bertz CT molecular complexity index is 619. The van der Waals surface area contributed by atoms with Gasteiger partial charge in [0, 0.05) is 24.7 Å². The number of aliphatic hydroxyl groups is 1. The summed E-state index contributed by atoms with van der Waals surface area (Å²) in [7, 11) is 0. The lowest BCUT2D eigenvalue weighted by atomic mass is 10.1. The number of benzene rings is 2. The van der Waals surface area contributed by atoms with Crippen LogP contribution >= 0.6 is 11.6 Å². The van der Waals surface area contributed by atoms with Crippen molar-refractivity contribution in [3.63, 3.8) is 0 Å². The lowest BCUT2D eigenvalue weighted by Gasteiger charge is -2.22. The number of amides is 2. The van der Waals surface area contributed by atoms with E-state index in [0.29, 0.717) is 31.1 Å². The zero-order valence-electron chi connectivity index (χ0n) is 12.9. The summed E-state index contributed by atoms with van der Waals surface area (Å²) in [6, 6.07) is 17.1. The third kappa shape index (κ3) is 5.58. The number of nitrogens with zero attached hydrogens (tertiary/aromatic N) is 1. The van der Waals surface area contributed by atoms with E-state index >= 15 is 0 Å². The van der Waals surface area contributed by atoms with Crippen LogP contribution in [-0.4, -0.2) is 35.7 Å². The van der Waals surface area contributed by atoms with Crippen LogP contribution in [0.25, 0.3) is 0 Å². The number of nitrogens with one attached hydrogen (secondary N) is 1. The lowest BCUT2D eigenvalue weighted by molar-refractivity contribution is 0.174. The SMILES string of the molecule is O=C(NCCc1ccccc1Cl)N(CCO)Cc1ccccc1. The number of hydrogen-bond donors (Lipinski definition) is 2. The van der Waals surface area contributed by atoms with Crippen molar-refractivity contribution in [2.75, 3.05) is 19.7 Å². The zero-order chi connectivity index (χ0) is 16.5. The van der Waals surface area contributed by atoms with Crippen molar-refractivity contribution in [1.29, 1.82) is 0 Å². The van der Waals surface area contributed by atoms with Gasteiger partial charge in [-0.2, -0.15) is 0 Å². The normalized spacial score (nSPS) is 10.3. The minimum Gasteiger partial charge on any atom is -0.395 e. The van der Waals surface area contributed by atoms with Crippen LogP contribution in [-0.2, 0) is 13.0 Å². The monoisotopic (exact) mass is 332 g/mol. The molecule has 0 fully saturated rings. The highest BCUT2D eigenvalue weighted by atomic mass is 35.5. The van der Waals surface area contributed by atoms with Crippen LogP contribution in [0, 0.1) is 0 Å². The van der Waals surface area contributed by atoms with Crippen LogP contribution in [0.1, 0.15) is 11.1 Å². The van der Waals surface area contributed by atoms with Crippen LogP contribution in [0.2, 0.25) is 5.02 Å². The predicted molar refractivity (Wildman–Crippen MR) is 92.5 cm³/mol. The molecule has 0 bridgehead atoms. The standard InChI is InChI=1S/C18H21ClN2O2/c19-17-9-5-4-8-16(17)10-11-20-18(23)21(12-13-22)14-15-6-2-1-3-7-15/h1-9,22H,10-14H2,(H,20,23). The molecule has 2 amide bonds. The van der Waals surface area contributed by atoms with Crippen molar-refractivity contribution in [2.45, 2.75) is 13.0 Å². The Morgan fingerprint density at radius 1 is 1.09 bits per heavy atom. The fraction of sp³-hybridized carbons (Fsp3) is 0.278. The van der Waals surface area contributed by atoms with Crippen LogP contribution in [0.4, 0.5) is 4.79 Å². The van der Waals surface area contributed by atoms with Gasteiger partial charge in [-0.15, -0.1) is 0 Å². The van der Waals surface area contributed by atoms with Crippen molar-refractivity contribution >= 4 is 17.6 Å². The molecule has 0 heterocycles. The molecule has 0 atom stereocenters. The topological polar surface area (TPSA) is 52.6 Å². The maximum absolute atomic E-state index is 12.3. The molecule has 2 rings (SSSR count). The van der Waals surface area contributed by atoms with Crippen molar-refractivity contribution in [3.05, 3.63) is 70.7 Å². The maximum Gasteiger partial charge on any atom is 0.317 e. The molecule has 0 aliphatic heterocycles. The molecule has 0 aliphatic rings. The first kappa shape index (κ1) is 17.3. The minimum absolute atomic E-state index is 0.0647. The quantitative estimate of drug-likeness (QED) is 0.818. The first-order chi connectivity index (χ1) is 11.2. The summed E-state index contributed by atoms with van der Waals surface area (Å²) in [6.45, 7) is 1.20. The molecular weight excluding hydrogens is 312 g/mol. The number of aliphatic hydroxyl groups excluding tert-OH is 1. The molecule has 0 radical (unpaired) electrons. The Hall–Kier alpha value is -2.04. The Morgan fingerprint density at radius 2 is 1.78 bits per heavy atom. The highest BCUT2D eigenvalue weighted by molar-refractivity contribution is 6.31. The summed E-state index contributed by atoms with van der Waals surface area (Å²) in [5.74, 6) is 0. The molecule has 0 spiro atoms. The largest absolute Gasteiger partial charge is 0.395 e. The van der Waals surface area contributed by atoms with E-state index in [1.807, 2.05) is 54.6 Å². The molecular formula is C18H21ClN2O2. The lowest BCUT2D eigenvalue weighted by Crippen LogP contribution is -2.41. The molecule has 0 saturated heterocycles. The second-order valence-electron chi connectivity index (χ2n) is 5.20. The van der Waals surface area contributed by atoms with Gasteiger partial charge in [-0.3, -0.25) is 0 Å². The number of urea groups is 1. The molecule has 2 aromatic rings. The minimum atomic E-state index is -0.185. The summed E-state index contributed by atoms with van der Waals surface area (Å²) in [6.07, 6.45) is 0.670. The zero-order valence-corrected chi connectivity index (χ0v) is 13.7. The molecule has 4 nitrogen and oxygen atoms in total. The molecule has 0 aliphatic carbocycles. The highest BCUT2D eigenvalue weighted by Crippen LogP contribution is 2.14. The average molecular weight is 333 g/mol. The molecule has 23 heavy (non-hydrogen) atoms. The molecule has 0 unspecified atom stereocenters. The van der Waals surface area contributed by atoms with Gasteiger partial charge in [0.15, 0.2) is 0 Å². The molecule has 2 N–H and O–H groups in total. The fourth-order valence-corrected chi connectivity index (χ4v) is 2.52. The van der Waals surface area contributed by atoms with E-state index in [1.54, 1.807) is 4.90 Å². The van der Waals surface area contributed by atoms with Gasteiger partial charge in [0.1, 0.15) is 0 Å². The van der Waals surface area contributed by atoms with E-state index < -0.39 is 0 Å². The van der Waals surface area contributed by atoms with Crippen molar-refractivity contribution in [2.24, 2.45) is 0 Å². The van der Waals surface area contributed by atoms with Gasteiger partial charge < -0.3 is 15.3 Å². The van der Waals surface area contributed by atoms with Gasteiger partial charge in [0.05, 0.1) is 6.61 Å². The van der Waals surface area contributed by atoms with Crippen molar-refractivity contribution in [3.8, 4) is 0 Å². The summed E-state index contributed by atoms with van der Waals surface area (Å²) in [5, 5.41) is 12.8. The van der Waals surface area contributed by atoms with Crippen LogP contribution < -0.4 is 5.32 Å². The maximum atomic E-state index is 12.3. The van der Waals surface area contributed by atoms with Crippen LogP contribution in [0.5, 0.6) is 0 Å². The van der Waals surface area contributed by atoms with Crippen LogP contribution in [0.15, 0.2) is 54.6 Å². The van der Waals surface area contributed by atoms with E-state index in [2.05, 4.69) is 5.32 Å². The number of carbonyl (C=O) groups excluding carboxylic acids is 1. The van der Waals surface area contributed by atoms with Gasteiger partial charge in [-0.25, -0.2) is 4.79 Å². The third-order valence-corrected chi connectivity index (χ3v) is 3.87. The number of carbonyl (C=O) groups is 1. The van der Waals surface area contributed by atoms with Gasteiger partial charge in [-0.1, -0.05) is 60.1 Å². The van der Waals surface area contributed by atoms with E-state index in [4.69, 9.17) is 16.7 Å². The fourth-order valence-electron chi connectivity index (χ4n) is 2.29. The number of halogens is 1. The highest BCUT2D eigenvalue weighted by Gasteiger charge is 2.13. The molecule has 0 aromatic heterocycles. The second-order valence-corrected chi connectivity index (χ2v) is 5.61. The predicted octanol–water partition coefficient (Wildman–Crippen LogP) is 3.09. The molecule has 122 valence electrons. The summed E-state index contributed by atoms with van der Waals surface area (Å²) >= 11 is 6.10. The third-order valence-electron chi connectivity index (χ3n) is 3.50. The van der Waals surface area contributed by atoms with E-state index in [0.717, 1.165) is 11.1 Å². The molecule has 5 heteroatoms. The van der Waals surface area contributed by atoms with E-state index in [9.17, 15) is 4.79 Å². The summed E-state index contributed by atoms with van der Waals surface area (Å²) < 4.78 is 0. The summed E-state index contributed by atoms with van der Waals surface area (Å²) in [4.78, 5) is 13.9. The Kier molecular flexibility index (Phi) is 6.91. The van der Waals surface area contributed by atoms with Gasteiger partial charge >= 0.3 is 6.03 Å². The van der Waals surface area contributed by atoms with E-state index in [-0.39, 0.29) is 12.6 Å². The number of rotatable bonds is 7. The Morgan fingerprint density at radius 3 is 2.48 bits per heavy atom. The number of hydrogen-bond acceptors (Lipinski definition) is 2. The van der Waals surface area contributed by atoms with Gasteiger partial charge in [-0.05, 0) is 23.6 Å². The van der Waals surface area contributed by atoms with Crippen LogP contribution in [0.3, 0.4) is 0 Å². The first-order valence-corrected chi connectivity index (χ1v) is 7.99. The van der Waals surface area contributed by atoms with Crippen molar-refractivity contribution < 1.29 is 9.90 Å². The molecule has 2 aromatic carbocycles. The Balaban J connectivity index is 1.87. The molecule has 0 saturated carbocycles. The summed E-state index contributed by atoms with van der Waals surface area (Å²) in [5.41, 5.74) is 2.04. The van der Waals surface area contributed by atoms with Gasteiger partial charge in [0.25, 0.3) is 0 Å². The Labute approximate surface area is 141 Å². The first-order valence-electron chi connectivity index (χ1n) is 7.61. The van der Waals surface area contributed by atoms with Gasteiger partial charge in [0.2, 0.25) is 0 Å². The average Bonchev–Trinajstić information content (AvgIpc) is 2.57.